The Balaban J connectivity index is 1.27. The number of imidazole rings is 1. The minimum Gasteiger partial charge on any atom is -0.356 e. The fourth-order valence-electron chi connectivity index (χ4n) is 5.96. The Bertz CT molecular complexity index is 1440. The zero-order valence-electron chi connectivity index (χ0n) is 21.8. The minimum atomic E-state index is -4.51. The van der Waals surface area contributed by atoms with Crippen LogP contribution in [0.5, 0.6) is 0 Å². The van der Waals surface area contributed by atoms with Crippen LogP contribution in [0.2, 0.25) is 0 Å². The summed E-state index contributed by atoms with van der Waals surface area (Å²) in [4.78, 5) is 30.2. The predicted octanol–water partition coefficient (Wildman–Crippen LogP) is 4.14. The molecule has 0 aromatic carbocycles. The first-order valence-electron chi connectivity index (χ1n) is 13.7. The Morgan fingerprint density at radius 1 is 1.17 bits per heavy atom. The lowest BCUT2D eigenvalue weighted by Gasteiger charge is -2.33. The molecule has 6 rings (SSSR count). The van der Waals surface area contributed by atoms with Crippen LogP contribution in [0, 0.1) is 17.8 Å². The topological polar surface area (TPSA) is 127 Å². The second-order valence-electron chi connectivity index (χ2n) is 11.3. The maximum absolute atomic E-state index is 14.0. The van der Waals surface area contributed by atoms with E-state index in [-0.39, 0.29) is 62.6 Å². The lowest BCUT2D eigenvalue weighted by Crippen LogP contribution is -2.48. The highest BCUT2D eigenvalue weighted by atomic mass is 19.4. The molecule has 3 fully saturated rings. The number of carbonyl (C=O) groups is 2. The van der Waals surface area contributed by atoms with E-state index in [2.05, 4.69) is 31.0 Å². The smallest absolute Gasteiger partial charge is 0.356 e. The molecule has 2 amide bonds. The van der Waals surface area contributed by atoms with E-state index < -0.39 is 41.8 Å². The van der Waals surface area contributed by atoms with Gasteiger partial charge in [-0.15, -0.1) is 0 Å². The molecule has 0 bridgehead atoms. The van der Waals surface area contributed by atoms with Crippen molar-refractivity contribution >= 4 is 17.5 Å². The van der Waals surface area contributed by atoms with Crippen LogP contribution >= 0.6 is 0 Å². The molecule has 2 aliphatic carbocycles. The van der Waals surface area contributed by atoms with Crippen molar-refractivity contribution in [2.45, 2.75) is 75.4 Å². The van der Waals surface area contributed by atoms with Crippen LogP contribution in [-0.4, -0.2) is 55.4 Å². The highest BCUT2D eigenvalue weighted by Crippen LogP contribution is 2.43. The number of alkyl halides is 5. The van der Waals surface area contributed by atoms with Gasteiger partial charge in [-0.25, -0.2) is 22.9 Å². The number of hydrogen-bond donors (Lipinski definition) is 2. The number of carbonyl (C=O) groups excluding carboxylic acids is 2. The summed E-state index contributed by atoms with van der Waals surface area (Å²) in [6.07, 6.45) is -0.593. The highest BCUT2D eigenvalue weighted by Gasteiger charge is 2.48. The molecule has 10 nitrogen and oxygen atoms in total. The zero-order valence-corrected chi connectivity index (χ0v) is 21.8. The Morgan fingerprint density at radius 2 is 1.93 bits per heavy atom. The number of amides is 2. The van der Waals surface area contributed by atoms with Gasteiger partial charge >= 0.3 is 6.18 Å². The molecule has 0 unspecified atom stereocenters. The normalized spacial score (nSPS) is 24.3. The van der Waals surface area contributed by atoms with Crippen LogP contribution in [0.4, 0.5) is 22.0 Å². The first-order valence-corrected chi connectivity index (χ1v) is 13.7. The van der Waals surface area contributed by atoms with Gasteiger partial charge in [0.25, 0.3) is 5.91 Å². The van der Waals surface area contributed by atoms with Crippen LogP contribution in [0.15, 0.2) is 23.1 Å². The lowest BCUT2D eigenvalue weighted by atomic mass is 9.81. The lowest BCUT2D eigenvalue weighted by molar-refractivity contribution is -0.197. The number of nitrogens with one attached hydrogen (secondary N) is 2. The number of aromatic nitrogens is 5. The zero-order chi connectivity index (χ0) is 28.9. The van der Waals surface area contributed by atoms with Crippen molar-refractivity contribution in [2.75, 3.05) is 6.54 Å². The molecule has 0 spiro atoms. The maximum atomic E-state index is 14.0. The van der Waals surface area contributed by atoms with E-state index in [1.165, 1.54) is 10.7 Å². The summed E-state index contributed by atoms with van der Waals surface area (Å²) in [6.45, 7) is -0.0346. The highest BCUT2D eigenvalue weighted by molar-refractivity contribution is 5.93. The summed E-state index contributed by atoms with van der Waals surface area (Å²) < 4.78 is 75.0. The third-order valence-corrected chi connectivity index (χ3v) is 8.38. The molecule has 3 atom stereocenters. The van der Waals surface area contributed by atoms with Gasteiger partial charge in [-0.1, -0.05) is 5.16 Å². The molecular formula is C26H28F5N7O3. The average Bonchev–Trinajstić information content (AvgIpc) is 3.48. The molecule has 41 heavy (non-hydrogen) atoms. The molecule has 0 radical (unpaired) electrons. The van der Waals surface area contributed by atoms with Crippen LogP contribution in [0.1, 0.15) is 84.3 Å². The van der Waals surface area contributed by atoms with Gasteiger partial charge in [0.2, 0.25) is 11.8 Å². The largest absolute Gasteiger partial charge is 0.392 e. The molecule has 3 aromatic rings. The average molecular weight is 582 g/mol. The van der Waals surface area contributed by atoms with Gasteiger partial charge in [0, 0.05) is 25.3 Å². The van der Waals surface area contributed by atoms with Crippen molar-refractivity contribution < 1.29 is 36.2 Å². The van der Waals surface area contributed by atoms with E-state index in [9.17, 15) is 31.5 Å². The standard InChI is InChI=1S/C26H28F5N7O3/c27-25(28)6-3-15(4-7-25)20(35-24(40)22-21(14-1-2-14)36-41-37-22)18-12-38-19(34-18)10-13(11-33-38)9-16-17(26(29,30)31)5-8-32-23(16)39/h10-12,14-17,20H,1-9H2,(H,32,39)(H,35,40)/t16-,17-,20+/m1/s1. The van der Waals surface area contributed by atoms with Gasteiger partial charge in [0.15, 0.2) is 11.3 Å². The minimum absolute atomic E-state index is 0.0346. The molecule has 3 aromatic heterocycles. The number of rotatable bonds is 7. The van der Waals surface area contributed by atoms with Crippen molar-refractivity contribution in [1.29, 1.82) is 0 Å². The Hall–Kier alpha value is -3.65. The molecule has 15 heteroatoms. The van der Waals surface area contributed by atoms with Gasteiger partial charge in [-0.3, -0.25) is 9.59 Å². The fraction of sp³-hybridized carbons (Fsp3) is 0.615. The molecule has 3 aliphatic rings. The van der Waals surface area contributed by atoms with Crippen molar-refractivity contribution in [1.82, 2.24) is 35.5 Å². The van der Waals surface area contributed by atoms with Crippen LogP contribution < -0.4 is 10.6 Å². The molecule has 220 valence electrons. The number of nitrogens with zero attached hydrogens (tertiary/aromatic N) is 5. The SMILES string of the molecule is O=C(N[C@H](c1cn2ncc(C[C@H]3C(=O)NCC[C@H]3C(F)(F)F)cc2n1)C1CCC(F)(F)CC1)c1nonc1C1CC1. The van der Waals surface area contributed by atoms with Gasteiger partial charge in [-0.05, 0) is 61.2 Å². The van der Waals surface area contributed by atoms with E-state index >= 15 is 0 Å². The first-order chi connectivity index (χ1) is 19.5. The molecule has 1 aliphatic heterocycles. The van der Waals surface area contributed by atoms with Crippen molar-refractivity contribution in [3.8, 4) is 0 Å². The fourth-order valence-corrected chi connectivity index (χ4v) is 5.96. The molecule has 4 heterocycles. The maximum Gasteiger partial charge on any atom is 0.392 e. The third-order valence-electron chi connectivity index (χ3n) is 8.38. The summed E-state index contributed by atoms with van der Waals surface area (Å²) >= 11 is 0. The summed E-state index contributed by atoms with van der Waals surface area (Å²) in [6, 6.07) is 0.790. The Morgan fingerprint density at radius 3 is 2.63 bits per heavy atom. The second kappa shape index (κ2) is 10.3. The van der Waals surface area contributed by atoms with Gasteiger partial charge in [0.1, 0.15) is 5.69 Å². The number of hydrogen-bond acceptors (Lipinski definition) is 7. The van der Waals surface area contributed by atoms with Crippen LogP contribution in [0.3, 0.4) is 0 Å². The van der Waals surface area contributed by atoms with E-state index in [1.54, 1.807) is 12.3 Å². The molecule has 1 saturated heterocycles. The third kappa shape index (κ3) is 5.75. The molecular weight excluding hydrogens is 553 g/mol. The molecule has 2 saturated carbocycles. The van der Waals surface area contributed by atoms with E-state index in [1.807, 2.05) is 0 Å². The Labute approximate surface area is 230 Å². The van der Waals surface area contributed by atoms with Gasteiger partial charge in [0.05, 0.1) is 36.0 Å². The quantitative estimate of drug-likeness (QED) is 0.402. The number of halogens is 5. The van der Waals surface area contributed by atoms with Crippen molar-refractivity contribution in [2.24, 2.45) is 17.8 Å². The van der Waals surface area contributed by atoms with Crippen molar-refractivity contribution in [3.63, 3.8) is 0 Å². The predicted molar refractivity (Wildman–Crippen MR) is 131 cm³/mol. The summed E-state index contributed by atoms with van der Waals surface area (Å²) in [5.74, 6) is -7.32. The summed E-state index contributed by atoms with van der Waals surface area (Å²) in [5, 5.41) is 17.3. The summed E-state index contributed by atoms with van der Waals surface area (Å²) in [7, 11) is 0. The van der Waals surface area contributed by atoms with E-state index in [0.29, 0.717) is 22.6 Å². The number of fused-ring (bicyclic) bond motifs is 1. The molecule has 2 N–H and O–H groups in total. The second-order valence-corrected chi connectivity index (χ2v) is 11.3. The van der Waals surface area contributed by atoms with Crippen LogP contribution in [0.25, 0.3) is 5.65 Å². The van der Waals surface area contributed by atoms with E-state index in [4.69, 9.17) is 4.63 Å². The monoisotopic (exact) mass is 581 g/mol. The first kappa shape index (κ1) is 27.5. The van der Waals surface area contributed by atoms with Gasteiger partial charge in [-0.2, -0.15) is 18.3 Å². The Kier molecular flexibility index (Phi) is 6.92. The van der Waals surface area contributed by atoms with Crippen molar-refractivity contribution in [3.05, 3.63) is 41.1 Å². The summed E-state index contributed by atoms with van der Waals surface area (Å²) in [5.41, 5.74) is 1.56. The van der Waals surface area contributed by atoms with Crippen LogP contribution in [-0.2, 0) is 11.2 Å². The van der Waals surface area contributed by atoms with E-state index in [0.717, 1.165) is 12.8 Å². The van der Waals surface area contributed by atoms with Gasteiger partial charge < -0.3 is 10.6 Å². The number of piperidine rings is 1.